The maximum Gasteiger partial charge on any atom is 0.123 e. The van der Waals surface area contributed by atoms with Gasteiger partial charge in [-0.1, -0.05) is 22.0 Å². The molecule has 1 heterocycles. The van der Waals surface area contributed by atoms with Gasteiger partial charge in [-0.2, -0.15) is 0 Å². The van der Waals surface area contributed by atoms with E-state index in [0.717, 1.165) is 21.7 Å². The van der Waals surface area contributed by atoms with Crippen LogP contribution in [0.3, 0.4) is 0 Å². The molecule has 4 heteroatoms. The minimum absolute atomic E-state index is 0.825. The van der Waals surface area contributed by atoms with E-state index in [2.05, 4.69) is 27.0 Å². The Balaban J connectivity index is 2.52. The maximum absolute atomic E-state index is 5.21. The number of nitrogens with zero attached hydrogens (tertiary/aromatic N) is 1. The number of hydrogen-bond acceptors (Lipinski definition) is 3. The number of halogens is 1. The number of thiazole rings is 1. The number of methoxy groups -OCH3 is 1. The third-order valence-corrected chi connectivity index (χ3v) is 3.53. The normalized spacial score (nSPS) is 10.3. The molecule has 0 amide bonds. The van der Waals surface area contributed by atoms with Crippen LogP contribution in [0.1, 0.15) is 5.56 Å². The SMILES string of the molecule is COc1ccc(CBr)c(-c2nccs2)c1. The molecular weight excluding hydrogens is 274 g/mol. The highest BCUT2D eigenvalue weighted by Gasteiger charge is 2.07. The Hall–Kier alpha value is -0.870. The third-order valence-electron chi connectivity index (χ3n) is 2.12. The van der Waals surface area contributed by atoms with Gasteiger partial charge >= 0.3 is 0 Å². The van der Waals surface area contributed by atoms with E-state index in [1.165, 1.54) is 5.56 Å². The summed E-state index contributed by atoms with van der Waals surface area (Å²) < 4.78 is 5.21. The van der Waals surface area contributed by atoms with Crippen molar-refractivity contribution in [1.29, 1.82) is 0 Å². The fourth-order valence-corrected chi connectivity index (χ4v) is 2.53. The lowest BCUT2D eigenvalue weighted by Crippen LogP contribution is -1.88. The molecular formula is C11H10BrNOS. The van der Waals surface area contributed by atoms with Crippen LogP contribution in [0.25, 0.3) is 10.6 Å². The average molecular weight is 284 g/mol. The molecule has 78 valence electrons. The standard InChI is InChI=1S/C11H10BrNOS/c1-14-9-3-2-8(7-12)10(6-9)11-13-4-5-15-11/h2-6H,7H2,1H3. The highest BCUT2D eigenvalue weighted by atomic mass is 79.9. The van der Waals surface area contributed by atoms with E-state index in [0.29, 0.717) is 0 Å². The molecule has 0 radical (unpaired) electrons. The minimum Gasteiger partial charge on any atom is -0.497 e. The van der Waals surface area contributed by atoms with Crippen molar-refractivity contribution in [1.82, 2.24) is 4.98 Å². The molecule has 0 N–H and O–H groups in total. The van der Waals surface area contributed by atoms with Crippen molar-refractivity contribution in [3.8, 4) is 16.3 Å². The van der Waals surface area contributed by atoms with Gasteiger partial charge in [-0.15, -0.1) is 11.3 Å². The van der Waals surface area contributed by atoms with Crippen LogP contribution in [0.4, 0.5) is 0 Å². The summed E-state index contributed by atoms with van der Waals surface area (Å²) in [6, 6.07) is 6.05. The molecule has 0 saturated carbocycles. The van der Waals surface area contributed by atoms with Crippen molar-refractivity contribution in [2.45, 2.75) is 5.33 Å². The fourth-order valence-electron chi connectivity index (χ4n) is 1.35. The molecule has 15 heavy (non-hydrogen) atoms. The Morgan fingerprint density at radius 1 is 1.47 bits per heavy atom. The van der Waals surface area contributed by atoms with E-state index in [-0.39, 0.29) is 0 Å². The summed E-state index contributed by atoms with van der Waals surface area (Å²) in [5.41, 5.74) is 2.37. The van der Waals surface area contributed by atoms with Crippen LogP contribution in [0, 0.1) is 0 Å². The maximum atomic E-state index is 5.21. The molecule has 0 aliphatic heterocycles. The van der Waals surface area contributed by atoms with Crippen LogP contribution in [-0.4, -0.2) is 12.1 Å². The zero-order valence-electron chi connectivity index (χ0n) is 8.24. The molecule has 0 unspecified atom stereocenters. The van der Waals surface area contributed by atoms with Gasteiger partial charge in [0, 0.05) is 22.5 Å². The lowest BCUT2D eigenvalue weighted by atomic mass is 10.1. The third kappa shape index (κ3) is 2.21. The molecule has 0 bridgehead atoms. The van der Waals surface area contributed by atoms with Crippen LogP contribution in [-0.2, 0) is 5.33 Å². The van der Waals surface area contributed by atoms with Crippen molar-refractivity contribution < 1.29 is 4.74 Å². The first kappa shape index (κ1) is 10.6. The molecule has 0 fully saturated rings. The first-order chi connectivity index (χ1) is 7.35. The van der Waals surface area contributed by atoms with Crippen LogP contribution in [0.15, 0.2) is 29.8 Å². The topological polar surface area (TPSA) is 22.1 Å². The molecule has 2 rings (SSSR count). The monoisotopic (exact) mass is 283 g/mol. The number of alkyl halides is 1. The summed E-state index contributed by atoms with van der Waals surface area (Å²) in [7, 11) is 1.68. The number of rotatable bonds is 3. The Labute approximate surface area is 101 Å². The number of hydrogen-bond donors (Lipinski definition) is 0. The first-order valence-electron chi connectivity index (χ1n) is 4.48. The van der Waals surface area contributed by atoms with Gasteiger partial charge in [-0.25, -0.2) is 4.98 Å². The van der Waals surface area contributed by atoms with Crippen LogP contribution in [0.5, 0.6) is 5.75 Å². The second-order valence-electron chi connectivity index (χ2n) is 2.99. The van der Waals surface area contributed by atoms with Crippen LogP contribution >= 0.6 is 27.3 Å². The summed E-state index contributed by atoms with van der Waals surface area (Å²) >= 11 is 5.11. The Bertz CT molecular complexity index is 442. The zero-order valence-corrected chi connectivity index (χ0v) is 10.6. The molecule has 2 nitrogen and oxygen atoms in total. The molecule has 0 spiro atoms. The Morgan fingerprint density at radius 3 is 2.93 bits per heavy atom. The van der Waals surface area contributed by atoms with Gasteiger partial charge in [0.2, 0.25) is 0 Å². The highest BCUT2D eigenvalue weighted by molar-refractivity contribution is 9.08. The van der Waals surface area contributed by atoms with Gasteiger partial charge in [0.15, 0.2) is 0 Å². The second-order valence-corrected chi connectivity index (χ2v) is 4.45. The van der Waals surface area contributed by atoms with Crippen molar-refractivity contribution in [3.63, 3.8) is 0 Å². The zero-order chi connectivity index (χ0) is 10.7. The van der Waals surface area contributed by atoms with Crippen LogP contribution in [0.2, 0.25) is 0 Å². The van der Waals surface area contributed by atoms with E-state index < -0.39 is 0 Å². The number of benzene rings is 1. The Kier molecular flexibility index (Phi) is 3.38. The molecule has 1 aromatic carbocycles. The summed E-state index contributed by atoms with van der Waals surface area (Å²) in [5.74, 6) is 0.866. The highest BCUT2D eigenvalue weighted by Crippen LogP contribution is 2.30. The molecule has 0 aliphatic rings. The molecule has 0 saturated heterocycles. The van der Waals surface area contributed by atoms with Crippen molar-refractivity contribution in [2.24, 2.45) is 0 Å². The van der Waals surface area contributed by atoms with E-state index in [1.54, 1.807) is 18.4 Å². The fraction of sp³-hybridized carbons (Fsp3) is 0.182. The minimum atomic E-state index is 0.825. The Morgan fingerprint density at radius 2 is 2.33 bits per heavy atom. The summed E-state index contributed by atoms with van der Waals surface area (Å²) in [5, 5.41) is 3.84. The number of ether oxygens (including phenoxy) is 1. The largest absolute Gasteiger partial charge is 0.497 e. The van der Waals surface area contributed by atoms with E-state index in [9.17, 15) is 0 Å². The number of aromatic nitrogens is 1. The smallest absolute Gasteiger partial charge is 0.123 e. The summed E-state index contributed by atoms with van der Waals surface area (Å²) in [4.78, 5) is 4.31. The van der Waals surface area contributed by atoms with E-state index in [4.69, 9.17) is 4.74 Å². The first-order valence-corrected chi connectivity index (χ1v) is 6.48. The van der Waals surface area contributed by atoms with Gasteiger partial charge in [0.1, 0.15) is 10.8 Å². The van der Waals surface area contributed by atoms with Crippen LogP contribution < -0.4 is 4.74 Å². The van der Waals surface area contributed by atoms with Gasteiger partial charge in [-0.3, -0.25) is 0 Å². The van der Waals surface area contributed by atoms with E-state index >= 15 is 0 Å². The lowest BCUT2D eigenvalue weighted by molar-refractivity contribution is 0.415. The predicted molar refractivity (Wildman–Crippen MR) is 66.7 cm³/mol. The van der Waals surface area contributed by atoms with Gasteiger partial charge in [-0.05, 0) is 17.7 Å². The van der Waals surface area contributed by atoms with Crippen molar-refractivity contribution in [2.75, 3.05) is 7.11 Å². The van der Waals surface area contributed by atoms with Gasteiger partial charge in [0.05, 0.1) is 7.11 Å². The second kappa shape index (κ2) is 4.77. The van der Waals surface area contributed by atoms with Gasteiger partial charge < -0.3 is 4.74 Å². The quantitative estimate of drug-likeness (QED) is 0.801. The van der Waals surface area contributed by atoms with Crippen molar-refractivity contribution >= 4 is 27.3 Å². The van der Waals surface area contributed by atoms with E-state index in [1.807, 2.05) is 23.7 Å². The average Bonchev–Trinajstić information content (AvgIpc) is 2.81. The molecule has 0 atom stereocenters. The molecule has 0 aliphatic carbocycles. The molecule has 2 aromatic rings. The summed E-state index contributed by atoms with van der Waals surface area (Å²) in [6.45, 7) is 0. The molecule has 1 aromatic heterocycles. The van der Waals surface area contributed by atoms with Gasteiger partial charge in [0.25, 0.3) is 0 Å². The predicted octanol–water partition coefficient (Wildman–Crippen LogP) is 3.71. The lowest BCUT2D eigenvalue weighted by Gasteiger charge is -2.06. The van der Waals surface area contributed by atoms with Crippen molar-refractivity contribution in [3.05, 3.63) is 35.3 Å². The summed E-state index contributed by atoms with van der Waals surface area (Å²) in [6.07, 6.45) is 1.82.